The summed E-state index contributed by atoms with van der Waals surface area (Å²) in [6.07, 6.45) is 0. The van der Waals surface area contributed by atoms with Crippen LogP contribution in [0.15, 0.2) is 40.9 Å². The number of hydrogen-bond donors (Lipinski definition) is 2. The lowest BCUT2D eigenvalue weighted by Crippen LogP contribution is -2.02. The van der Waals surface area contributed by atoms with Crippen molar-refractivity contribution in [3.63, 3.8) is 0 Å². The number of benzene rings is 2. The van der Waals surface area contributed by atoms with Crippen LogP contribution >= 0.6 is 15.9 Å². The van der Waals surface area contributed by atoms with Crippen LogP contribution in [0.5, 0.6) is 11.5 Å². The molecular formula is C14H12BrNO3. The van der Waals surface area contributed by atoms with Crippen molar-refractivity contribution in [1.82, 2.24) is 0 Å². The molecule has 2 aromatic carbocycles. The zero-order valence-corrected chi connectivity index (χ0v) is 11.8. The van der Waals surface area contributed by atoms with Gasteiger partial charge in [-0.05, 0) is 42.8 Å². The lowest BCUT2D eigenvalue weighted by molar-refractivity contribution is 0.0698. The van der Waals surface area contributed by atoms with E-state index in [0.717, 1.165) is 10.0 Å². The van der Waals surface area contributed by atoms with Gasteiger partial charge in [0.15, 0.2) is 0 Å². The molecule has 0 saturated heterocycles. The van der Waals surface area contributed by atoms with Crippen LogP contribution in [0.1, 0.15) is 15.9 Å². The van der Waals surface area contributed by atoms with Crippen LogP contribution < -0.4 is 10.5 Å². The fraction of sp³-hybridized carbons (Fsp3) is 0.0714. The summed E-state index contributed by atoms with van der Waals surface area (Å²) in [5, 5.41) is 8.89. The zero-order valence-electron chi connectivity index (χ0n) is 10.2. The van der Waals surface area contributed by atoms with Crippen LogP contribution in [0.4, 0.5) is 5.69 Å². The summed E-state index contributed by atoms with van der Waals surface area (Å²) in [6, 6.07) is 10.2. The van der Waals surface area contributed by atoms with Crippen molar-refractivity contribution in [3.05, 3.63) is 52.0 Å². The molecule has 0 heterocycles. The number of carbonyl (C=O) groups is 1. The molecule has 3 N–H and O–H groups in total. The van der Waals surface area contributed by atoms with Crippen molar-refractivity contribution in [2.75, 3.05) is 5.73 Å². The molecule has 0 aromatic heterocycles. The second-order valence-electron chi connectivity index (χ2n) is 4.07. The number of rotatable bonds is 3. The number of anilines is 1. The van der Waals surface area contributed by atoms with Crippen LogP contribution in [-0.4, -0.2) is 11.1 Å². The van der Waals surface area contributed by atoms with E-state index in [1.165, 1.54) is 12.1 Å². The highest BCUT2D eigenvalue weighted by Gasteiger charge is 2.09. The van der Waals surface area contributed by atoms with E-state index in [1.807, 2.05) is 25.1 Å². The normalized spacial score (nSPS) is 10.2. The first-order chi connectivity index (χ1) is 8.97. The standard InChI is InChI=1S/C14H12BrNO3/c1-8-6-9(15)2-5-13(8)19-10-3-4-11(14(17)18)12(16)7-10/h2-7H,16H2,1H3,(H,17,18). The maximum Gasteiger partial charge on any atom is 0.337 e. The topological polar surface area (TPSA) is 72.5 Å². The molecule has 98 valence electrons. The summed E-state index contributed by atoms with van der Waals surface area (Å²) in [5.41, 5.74) is 6.89. The molecule has 0 atom stereocenters. The van der Waals surface area contributed by atoms with Crippen LogP contribution in [0.2, 0.25) is 0 Å². The fourth-order valence-electron chi connectivity index (χ4n) is 1.65. The Morgan fingerprint density at radius 3 is 2.58 bits per heavy atom. The van der Waals surface area contributed by atoms with Gasteiger partial charge in [0, 0.05) is 16.2 Å². The summed E-state index contributed by atoms with van der Waals surface area (Å²) < 4.78 is 6.66. The molecule has 0 saturated carbocycles. The lowest BCUT2D eigenvalue weighted by atomic mass is 10.1. The molecule has 0 bridgehead atoms. The molecule has 2 aromatic rings. The van der Waals surface area contributed by atoms with Crippen molar-refractivity contribution in [2.24, 2.45) is 0 Å². The van der Waals surface area contributed by atoms with Gasteiger partial charge in [-0.25, -0.2) is 4.79 Å². The van der Waals surface area contributed by atoms with Gasteiger partial charge in [-0.2, -0.15) is 0 Å². The van der Waals surface area contributed by atoms with Crippen molar-refractivity contribution >= 4 is 27.6 Å². The Kier molecular flexibility index (Phi) is 3.76. The van der Waals surface area contributed by atoms with Crippen LogP contribution in [0.25, 0.3) is 0 Å². The summed E-state index contributed by atoms with van der Waals surface area (Å²) >= 11 is 3.38. The van der Waals surface area contributed by atoms with E-state index >= 15 is 0 Å². The summed E-state index contributed by atoms with van der Waals surface area (Å²) in [5.74, 6) is 0.155. The molecule has 19 heavy (non-hydrogen) atoms. The highest BCUT2D eigenvalue weighted by Crippen LogP contribution is 2.29. The van der Waals surface area contributed by atoms with Gasteiger partial charge in [-0.1, -0.05) is 15.9 Å². The first kappa shape index (κ1) is 13.4. The number of nitrogen functional groups attached to an aromatic ring is 1. The maximum absolute atomic E-state index is 10.9. The number of aromatic carboxylic acids is 1. The van der Waals surface area contributed by atoms with Gasteiger partial charge >= 0.3 is 5.97 Å². The lowest BCUT2D eigenvalue weighted by Gasteiger charge is -2.10. The minimum atomic E-state index is -1.05. The first-order valence-corrected chi connectivity index (χ1v) is 6.33. The molecular weight excluding hydrogens is 310 g/mol. The van der Waals surface area contributed by atoms with Gasteiger partial charge in [-0.3, -0.25) is 0 Å². The van der Waals surface area contributed by atoms with Gasteiger partial charge in [0.05, 0.1) is 5.56 Å². The van der Waals surface area contributed by atoms with Crippen molar-refractivity contribution in [1.29, 1.82) is 0 Å². The third-order valence-corrected chi connectivity index (χ3v) is 3.11. The largest absolute Gasteiger partial charge is 0.478 e. The van der Waals surface area contributed by atoms with Crippen molar-refractivity contribution in [2.45, 2.75) is 6.92 Å². The van der Waals surface area contributed by atoms with Crippen molar-refractivity contribution < 1.29 is 14.6 Å². The number of aryl methyl sites for hydroxylation is 1. The minimum absolute atomic E-state index is 0.0693. The predicted octanol–water partition coefficient (Wildman–Crippen LogP) is 3.83. The first-order valence-electron chi connectivity index (χ1n) is 5.54. The number of halogens is 1. The second kappa shape index (κ2) is 5.32. The zero-order chi connectivity index (χ0) is 14.0. The molecule has 4 nitrogen and oxygen atoms in total. The van der Waals surface area contributed by atoms with E-state index in [0.29, 0.717) is 11.5 Å². The fourth-order valence-corrected chi connectivity index (χ4v) is 2.13. The molecule has 2 rings (SSSR count). The summed E-state index contributed by atoms with van der Waals surface area (Å²) in [7, 11) is 0. The van der Waals surface area contributed by atoms with E-state index in [4.69, 9.17) is 15.6 Å². The smallest absolute Gasteiger partial charge is 0.337 e. The van der Waals surface area contributed by atoms with Crippen molar-refractivity contribution in [3.8, 4) is 11.5 Å². The Bertz CT molecular complexity index is 641. The third kappa shape index (κ3) is 3.06. The average molecular weight is 322 g/mol. The van der Waals surface area contributed by atoms with Gasteiger partial charge in [0.2, 0.25) is 0 Å². The third-order valence-electron chi connectivity index (χ3n) is 2.62. The Morgan fingerprint density at radius 2 is 2.00 bits per heavy atom. The number of ether oxygens (including phenoxy) is 1. The van der Waals surface area contributed by atoms with Crippen LogP contribution in [-0.2, 0) is 0 Å². The molecule has 0 unspecified atom stereocenters. The highest BCUT2D eigenvalue weighted by molar-refractivity contribution is 9.10. The molecule has 0 radical (unpaired) electrons. The molecule has 5 heteroatoms. The summed E-state index contributed by atoms with van der Waals surface area (Å²) in [6.45, 7) is 1.93. The quantitative estimate of drug-likeness (QED) is 0.843. The van der Waals surface area contributed by atoms with Gasteiger partial charge in [0.1, 0.15) is 11.5 Å². The molecule has 0 aliphatic rings. The summed E-state index contributed by atoms with van der Waals surface area (Å²) in [4.78, 5) is 10.9. The van der Waals surface area contributed by atoms with Gasteiger partial charge in [-0.15, -0.1) is 0 Å². The Labute approximate surface area is 118 Å². The molecule has 0 aliphatic heterocycles. The number of carboxylic acid groups (broad SMARTS) is 1. The predicted molar refractivity (Wildman–Crippen MR) is 76.8 cm³/mol. The van der Waals surface area contributed by atoms with E-state index in [1.54, 1.807) is 6.07 Å². The number of carboxylic acids is 1. The maximum atomic E-state index is 10.9. The molecule has 0 spiro atoms. The monoisotopic (exact) mass is 321 g/mol. The Morgan fingerprint density at radius 1 is 1.26 bits per heavy atom. The highest BCUT2D eigenvalue weighted by atomic mass is 79.9. The number of nitrogens with two attached hydrogens (primary N) is 1. The van der Waals surface area contributed by atoms with Crippen LogP contribution in [0.3, 0.4) is 0 Å². The van der Waals surface area contributed by atoms with E-state index in [2.05, 4.69) is 15.9 Å². The van der Waals surface area contributed by atoms with Crippen LogP contribution in [0, 0.1) is 6.92 Å². The molecule has 0 fully saturated rings. The Hall–Kier alpha value is -2.01. The molecule has 0 aliphatic carbocycles. The second-order valence-corrected chi connectivity index (χ2v) is 4.98. The Balaban J connectivity index is 2.29. The van der Waals surface area contributed by atoms with Gasteiger partial charge in [0.25, 0.3) is 0 Å². The SMILES string of the molecule is Cc1cc(Br)ccc1Oc1ccc(C(=O)O)c(N)c1. The van der Waals surface area contributed by atoms with E-state index < -0.39 is 5.97 Å². The molecule has 0 amide bonds. The number of hydrogen-bond acceptors (Lipinski definition) is 3. The van der Waals surface area contributed by atoms with Gasteiger partial charge < -0.3 is 15.6 Å². The minimum Gasteiger partial charge on any atom is -0.478 e. The van der Waals surface area contributed by atoms with E-state index in [9.17, 15) is 4.79 Å². The average Bonchev–Trinajstić information content (AvgIpc) is 2.32. The van der Waals surface area contributed by atoms with E-state index in [-0.39, 0.29) is 11.3 Å².